The van der Waals surface area contributed by atoms with Gasteiger partial charge in [-0.2, -0.15) is 4.31 Å². The van der Waals surface area contributed by atoms with E-state index in [0.29, 0.717) is 23.5 Å². The van der Waals surface area contributed by atoms with E-state index in [1.54, 1.807) is 6.07 Å². The van der Waals surface area contributed by atoms with Crippen molar-refractivity contribution in [1.82, 2.24) is 20.3 Å². The first-order chi connectivity index (χ1) is 20.1. The number of ether oxygens (including phenoxy) is 1. The second-order valence-electron chi connectivity index (χ2n) is 11.3. The quantitative estimate of drug-likeness (QED) is 0.305. The van der Waals surface area contributed by atoms with Crippen LogP contribution in [-0.2, 0) is 14.8 Å². The van der Waals surface area contributed by atoms with Crippen LogP contribution in [0.3, 0.4) is 0 Å². The average Bonchev–Trinajstić information content (AvgIpc) is 3.62. The standard InChI is InChI=1S/C30H37ClN4O5S2/c1-19(2)15-25(34-30(37)28-16-20-5-3-4-6-27(20)41-28)29(36)33-21-11-14-35(18-21)42(38,39)23-7-8-26(24(31)17-23)40-22-9-12-32-13-10-22/h3-8,16-17,19,21-22,25,32H,9-15,18H2,1-2H3,(H,33,36)(H,34,37)/t21-,25-/m0/s1. The first-order valence-corrected chi connectivity index (χ1v) is 17.0. The van der Waals surface area contributed by atoms with Crippen molar-refractivity contribution in [3.63, 3.8) is 0 Å². The van der Waals surface area contributed by atoms with E-state index in [0.717, 1.165) is 36.0 Å². The summed E-state index contributed by atoms with van der Waals surface area (Å²) in [6.07, 6.45) is 2.70. The number of sulfonamides is 1. The molecule has 0 unspecified atom stereocenters. The SMILES string of the molecule is CC(C)C[C@H](NC(=O)c1cc2ccccc2s1)C(=O)N[C@H]1CCN(S(=O)(=O)c2ccc(OC3CCNCC3)c(Cl)c2)C1. The fourth-order valence-corrected chi connectivity index (χ4v) is 8.15. The molecular formula is C30H37ClN4O5S2. The molecule has 1 aromatic heterocycles. The van der Waals surface area contributed by atoms with Crippen molar-refractivity contribution in [2.24, 2.45) is 5.92 Å². The summed E-state index contributed by atoms with van der Waals surface area (Å²) in [5.74, 6) is 0.0281. The van der Waals surface area contributed by atoms with Gasteiger partial charge < -0.3 is 20.7 Å². The van der Waals surface area contributed by atoms with Crippen LogP contribution >= 0.6 is 22.9 Å². The Morgan fingerprint density at radius 3 is 2.60 bits per heavy atom. The molecule has 2 aliphatic heterocycles. The molecule has 0 bridgehead atoms. The van der Waals surface area contributed by atoms with Crippen LogP contribution in [0.5, 0.6) is 5.75 Å². The number of hydrogen-bond donors (Lipinski definition) is 3. The second-order valence-corrected chi connectivity index (χ2v) is 14.7. The lowest BCUT2D eigenvalue weighted by atomic mass is 10.0. The van der Waals surface area contributed by atoms with E-state index >= 15 is 0 Å². The van der Waals surface area contributed by atoms with Gasteiger partial charge in [0.15, 0.2) is 0 Å². The lowest BCUT2D eigenvalue weighted by molar-refractivity contribution is -0.124. The molecule has 2 amide bonds. The number of benzene rings is 2. The summed E-state index contributed by atoms with van der Waals surface area (Å²) in [6, 6.07) is 13.0. The van der Waals surface area contributed by atoms with Gasteiger partial charge >= 0.3 is 0 Å². The molecular weight excluding hydrogens is 596 g/mol. The van der Waals surface area contributed by atoms with Crippen LogP contribution in [-0.4, -0.2) is 68.9 Å². The first kappa shape index (κ1) is 30.7. The topological polar surface area (TPSA) is 117 Å². The van der Waals surface area contributed by atoms with E-state index in [1.807, 2.05) is 44.2 Å². The molecule has 0 radical (unpaired) electrons. The number of piperidine rings is 1. The van der Waals surface area contributed by atoms with Crippen molar-refractivity contribution in [3.05, 3.63) is 58.4 Å². The van der Waals surface area contributed by atoms with Gasteiger partial charge in [0.1, 0.15) is 17.9 Å². The molecule has 0 aliphatic carbocycles. The van der Waals surface area contributed by atoms with E-state index in [-0.39, 0.29) is 52.9 Å². The van der Waals surface area contributed by atoms with E-state index in [9.17, 15) is 18.0 Å². The number of amides is 2. The Balaban J connectivity index is 1.20. The van der Waals surface area contributed by atoms with Crippen molar-refractivity contribution in [3.8, 4) is 5.75 Å². The third-order valence-corrected chi connectivity index (χ3v) is 10.9. The molecule has 5 rings (SSSR count). The highest BCUT2D eigenvalue weighted by Crippen LogP contribution is 2.31. The van der Waals surface area contributed by atoms with Gasteiger partial charge in [-0.1, -0.05) is 43.6 Å². The van der Waals surface area contributed by atoms with E-state index in [1.165, 1.54) is 27.8 Å². The number of hydrogen-bond acceptors (Lipinski definition) is 7. The Morgan fingerprint density at radius 2 is 1.88 bits per heavy atom. The molecule has 3 N–H and O–H groups in total. The molecule has 3 aromatic rings. The molecule has 0 saturated carbocycles. The zero-order valence-electron chi connectivity index (χ0n) is 23.8. The van der Waals surface area contributed by atoms with Gasteiger partial charge in [-0.05, 0) is 80.4 Å². The maximum atomic E-state index is 13.4. The maximum absolute atomic E-state index is 13.4. The van der Waals surface area contributed by atoms with Gasteiger partial charge in [-0.15, -0.1) is 11.3 Å². The maximum Gasteiger partial charge on any atom is 0.262 e. The summed E-state index contributed by atoms with van der Waals surface area (Å²) in [6.45, 7) is 6.13. The van der Waals surface area contributed by atoms with E-state index in [2.05, 4.69) is 16.0 Å². The van der Waals surface area contributed by atoms with Gasteiger partial charge in [0.05, 0.1) is 14.8 Å². The predicted molar refractivity (Wildman–Crippen MR) is 166 cm³/mol. The number of carbonyl (C=O) groups excluding carboxylic acids is 2. The Hall–Kier alpha value is -2.70. The minimum atomic E-state index is -3.82. The third-order valence-electron chi connectivity index (χ3n) is 7.60. The predicted octanol–water partition coefficient (Wildman–Crippen LogP) is 4.41. The Morgan fingerprint density at radius 1 is 1.12 bits per heavy atom. The van der Waals surface area contributed by atoms with Crippen LogP contribution in [0.25, 0.3) is 10.1 Å². The lowest BCUT2D eigenvalue weighted by Gasteiger charge is -2.24. The lowest BCUT2D eigenvalue weighted by Crippen LogP contribution is -2.50. The van der Waals surface area contributed by atoms with Crippen LogP contribution < -0.4 is 20.7 Å². The summed E-state index contributed by atoms with van der Waals surface area (Å²) in [5, 5.41) is 10.4. The number of nitrogens with zero attached hydrogens (tertiary/aromatic N) is 1. The molecule has 2 fully saturated rings. The van der Waals surface area contributed by atoms with Crippen molar-refractivity contribution in [2.75, 3.05) is 26.2 Å². The summed E-state index contributed by atoms with van der Waals surface area (Å²) < 4.78 is 35.2. The van der Waals surface area contributed by atoms with Gasteiger partial charge in [0.25, 0.3) is 5.91 Å². The molecule has 2 aliphatic rings. The van der Waals surface area contributed by atoms with Crippen molar-refractivity contribution in [1.29, 1.82) is 0 Å². The van der Waals surface area contributed by atoms with Gasteiger partial charge in [0.2, 0.25) is 15.9 Å². The Bertz CT molecular complexity index is 1500. The molecule has 9 nitrogen and oxygen atoms in total. The van der Waals surface area contributed by atoms with Crippen LogP contribution in [0.15, 0.2) is 53.4 Å². The van der Waals surface area contributed by atoms with Crippen molar-refractivity contribution >= 4 is 54.9 Å². The smallest absolute Gasteiger partial charge is 0.262 e. The van der Waals surface area contributed by atoms with E-state index in [4.69, 9.17) is 16.3 Å². The highest BCUT2D eigenvalue weighted by molar-refractivity contribution is 7.89. The van der Waals surface area contributed by atoms with Crippen LogP contribution in [0, 0.1) is 5.92 Å². The molecule has 12 heteroatoms. The van der Waals surface area contributed by atoms with Crippen molar-refractivity contribution < 1.29 is 22.7 Å². The highest BCUT2D eigenvalue weighted by Gasteiger charge is 2.35. The van der Waals surface area contributed by atoms with E-state index < -0.39 is 16.1 Å². The minimum absolute atomic E-state index is 0.0448. The Kier molecular flexibility index (Phi) is 9.74. The van der Waals surface area contributed by atoms with Crippen LogP contribution in [0.1, 0.15) is 49.2 Å². The summed E-state index contributed by atoms with van der Waals surface area (Å²) in [4.78, 5) is 27.0. The number of thiophene rings is 1. The molecule has 2 saturated heterocycles. The summed E-state index contributed by atoms with van der Waals surface area (Å²) in [5.41, 5.74) is 0. The monoisotopic (exact) mass is 632 g/mol. The summed E-state index contributed by atoms with van der Waals surface area (Å²) in [7, 11) is -3.82. The minimum Gasteiger partial charge on any atom is -0.489 e. The molecule has 2 atom stereocenters. The number of fused-ring (bicyclic) bond motifs is 1. The number of nitrogens with one attached hydrogen (secondary N) is 3. The fraction of sp³-hybridized carbons (Fsp3) is 0.467. The molecule has 42 heavy (non-hydrogen) atoms. The van der Waals surface area contributed by atoms with Crippen LogP contribution in [0.2, 0.25) is 5.02 Å². The summed E-state index contributed by atoms with van der Waals surface area (Å²) >= 11 is 7.81. The first-order valence-electron chi connectivity index (χ1n) is 14.4. The molecule has 3 heterocycles. The normalized spacial score (nSPS) is 19.2. The number of rotatable bonds is 10. The van der Waals surface area contributed by atoms with Crippen molar-refractivity contribution in [2.45, 2.75) is 62.6 Å². The third kappa shape index (κ3) is 7.26. The fourth-order valence-electron chi connectivity index (χ4n) is 5.37. The average molecular weight is 633 g/mol. The zero-order valence-corrected chi connectivity index (χ0v) is 26.2. The number of carbonyl (C=O) groups is 2. The largest absolute Gasteiger partial charge is 0.489 e. The molecule has 226 valence electrons. The second kappa shape index (κ2) is 13.3. The van der Waals surface area contributed by atoms with Gasteiger partial charge in [0, 0.05) is 23.8 Å². The Labute approximate surface area is 256 Å². The van der Waals surface area contributed by atoms with Crippen LogP contribution in [0.4, 0.5) is 0 Å². The zero-order chi connectivity index (χ0) is 29.9. The highest BCUT2D eigenvalue weighted by atomic mass is 35.5. The molecule has 0 spiro atoms. The van der Waals surface area contributed by atoms with Gasteiger partial charge in [-0.25, -0.2) is 8.42 Å². The molecule has 2 aromatic carbocycles. The van der Waals surface area contributed by atoms with Gasteiger partial charge in [-0.3, -0.25) is 9.59 Å². The number of halogens is 1.